The molecule has 2 amide bonds. The van der Waals surface area contributed by atoms with Gasteiger partial charge in [0.1, 0.15) is 24.5 Å². The zero-order valence-electron chi connectivity index (χ0n) is 34.8. The monoisotopic (exact) mass is 780 g/mol. The lowest BCUT2D eigenvalue weighted by atomic mass is 9.74. The van der Waals surface area contributed by atoms with Gasteiger partial charge in [-0.25, -0.2) is 14.8 Å². The van der Waals surface area contributed by atoms with Gasteiger partial charge in [-0.15, -0.1) is 0 Å². The molecule has 2 N–H and O–H groups in total. The van der Waals surface area contributed by atoms with E-state index < -0.39 is 47.4 Å². The van der Waals surface area contributed by atoms with Gasteiger partial charge in [0.05, 0.1) is 23.9 Å². The minimum Gasteiger partial charge on any atom is -0.463 e. The van der Waals surface area contributed by atoms with Gasteiger partial charge in [-0.2, -0.15) is 0 Å². The van der Waals surface area contributed by atoms with E-state index in [2.05, 4.69) is 20.2 Å². The first-order valence-electron chi connectivity index (χ1n) is 20.1. The summed E-state index contributed by atoms with van der Waals surface area (Å²) in [6.07, 6.45) is 3.36. The van der Waals surface area contributed by atoms with Crippen LogP contribution in [-0.4, -0.2) is 137 Å². The molecule has 0 bridgehead atoms. The average Bonchev–Trinajstić information content (AvgIpc) is 3.17. The second-order valence-electron chi connectivity index (χ2n) is 17.1. The molecule has 14 nitrogen and oxygen atoms in total. The number of carbonyl (C=O) groups is 3. The SMILES string of the molecule is CO[C@]1(C)C[C@@H](C)CN(C(=O)Nc2ccccc2)[C@H](CCCN2CCc3ncncc3C2)COC(=O)C(C)(C)C(=O)[C@H](C)[C@H]1O[C@@H]1O[C@H](C)C[C@H](N(C)C)[C@H]1O. The van der Waals surface area contributed by atoms with E-state index in [0.717, 1.165) is 43.7 Å². The number of benzene rings is 1. The van der Waals surface area contributed by atoms with Crippen LogP contribution in [0.1, 0.15) is 78.5 Å². The first-order chi connectivity index (χ1) is 26.5. The number of methoxy groups -OCH3 is 1. The van der Waals surface area contributed by atoms with E-state index in [4.69, 9.17) is 18.9 Å². The molecule has 310 valence electrons. The average molecular weight is 781 g/mol. The van der Waals surface area contributed by atoms with E-state index in [1.807, 2.05) is 76.3 Å². The van der Waals surface area contributed by atoms with Crippen LogP contribution < -0.4 is 5.32 Å². The van der Waals surface area contributed by atoms with Gasteiger partial charge in [0.2, 0.25) is 0 Å². The van der Waals surface area contributed by atoms with Crippen LogP contribution in [0.2, 0.25) is 0 Å². The second kappa shape index (κ2) is 18.8. The molecule has 2 fully saturated rings. The van der Waals surface area contributed by atoms with Crippen molar-refractivity contribution in [2.24, 2.45) is 17.3 Å². The number of ketones is 1. The number of aromatic nitrogens is 2. The molecule has 4 heterocycles. The van der Waals surface area contributed by atoms with Crippen molar-refractivity contribution in [3.05, 3.63) is 54.1 Å². The standard InChI is InChI=1S/C42H64N6O8/c1-27-21-42(6,53-9)37(56-38-35(49)34(46(7)8)20-28(2)55-38)29(3)36(50)41(4,5)39(51)54-25-32(48(23-27)40(52)45-31-14-11-10-12-15-31)16-13-18-47-19-17-33-30(24-47)22-43-26-44-33/h10-12,14-15,22,26-29,32,34-35,37-38,49H,13,16-21,23-25H2,1-9H3,(H,45,52)/t27-,28-,29+,32-,34+,35-,37-,38+,42-/m1/s1. The third-order valence-corrected chi connectivity index (χ3v) is 12.0. The minimum atomic E-state index is -1.56. The minimum absolute atomic E-state index is 0.0804. The second-order valence-corrected chi connectivity index (χ2v) is 17.1. The smallest absolute Gasteiger partial charge is 0.322 e. The Bertz CT molecular complexity index is 1630. The number of amides is 2. The van der Waals surface area contributed by atoms with Crippen LogP contribution in [0.15, 0.2) is 42.9 Å². The van der Waals surface area contributed by atoms with Crippen LogP contribution in [0, 0.1) is 17.3 Å². The van der Waals surface area contributed by atoms with Crippen molar-refractivity contribution in [3.63, 3.8) is 0 Å². The number of Topliss-reactive ketones (excluding diaryl/α,β-unsaturated/α-hetero) is 1. The van der Waals surface area contributed by atoms with E-state index in [1.165, 1.54) is 0 Å². The number of aliphatic hydroxyl groups excluding tert-OH is 1. The number of carbonyl (C=O) groups excluding carboxylic acids is 3. The summed E-state index contributed by atoms with van der Waals surface area (Å²) in [5, 5.41) is 14.5. The number of nitrogens with one attached hydrogen (secondary N) is 1. The Morgan fingerprint density at radius 2 is 1.86 bits per heavy atom. The highest BCUT2D eigenvalue weighted by Gasteiger charge is 2.51. The van der Waals surface area contributed by atoms with E-state index in [9.17, 15) is 19.5 Å². The topological polar surface area (TPSA) is 156 Å². The van der Waals surface area contributed by atoms with Crippen molar-refractivity contribution in [2.75, 3.05) is 52.8 Å². The number of rotatable bonds is 9. The van der Waals surface area contributed by atoms with Crippen molar-refractivity contribution in [1.29, 1.82) is 0 Å². The quantitative estimate of drug-likeness (QED) is 0.271. The molecule has 0 aliphatic carbocycles. The summed E-state index contributed by atoms with van der Waals surface area (Å²) in [5.41, 5.74) is 0.170. The van der Waals surface area contributed by atoms with Gasteiger partial charge in [0, 0.05) is 68.3 Å². The maximum atomic E-state index is 14.5. The predicted molar refractivity (Wildman–Crippen MR) is 212 cm³/mol. The van der Waals surface area contributed by atoms with Gasteiger partial charge < -0.3 is 39.2 Å². The summed E-state index contributed by atoms with van der Waals surface area (Å²) in [7, 11) is 5.38. The molecule has 3 aliphatic heterocycles. The number of likely N-dealkylation sites (N-methyl/N-ethyl adjacent to an activating group) is 1. The molecule has 5 rings (SSSR count). The number of cyclic esters (lactones) is 1. The van der Waals surface area contributed by atoms with Crippen molar-refractivity contribution < 1.29 is 38.4 Å². The molecule has 9 atom stereocenters. The van der Waals surface area contributed by atoms with Crippen molar-refractivity contribution in [2.45, 2.75) is 122 Å². The Balaban J connectivity index is 1.46. The summed E-state index contributed by atoms with van der Waals surface area (Å²) in [6.45, 7) is 13.3. The Morgan fingerprint density at radius 1 is 1.12 bits per heavy atom. The first-order valence-corrected chi connectivity index (χ1v) is 20.1. The van der Waals surface area contributed by atoms with E-state index >= 15 is 0 Å². The maximum absolute atomic E-state index is 14.5. The number of aliphatic hydroxyl groups is 1. The lowest BCUT2D eigenvalue weighted by Gasteiger charge is -2.47. The third kappa shape index (κ3) is 10.3. The van der Waals surface area contributed by atoms with Crippen molar-refractivity contribution in [3.8, 4) is 0 Å². The van der Waals surface area contributed by atoms with Gasteiger partial charge in [0.15, 0.2) is 12.1 Å². The fourth-order valence-electron chi connectivity index (χ4n) is 8.67. The molecule has 0 radical (unpaired) electrons. The molecule has 2 aromatic rings. The summed E-state index contributed by atoms with van der Waals surface area (Å²) >= 11 is 0. The van der Waals surface area contributed by atoms with Gasteiger partial charge in [-0.1, -0.05) is 32.0 Å². The number of esters is 1. The van der Waals surface area contributed by atoms with Gasteiger partial charge in [-0.05, 0) is 92.1 Å². The molecule has 0 saturated carbocycles. The van der Waals surface area contributed by atoms with Crippen LogP contribution in [0.5, 0.6) is 0 Å². The zero-order chi connectivity index (χ0) is 40.8. The molecule has 56 heavy (non-hydrogen) atoms. The number of ether oxygens (including phenoxy) is 4. The zero-order valence-corrected chi connectivity index (χ0v) is 34.8. The number of fused-ring (bicyclic) bond motifs is 1. The lowest BCUT2D eigenvalue weighted by molar-refractivity contribution is -0.295. The van der Waals surface area contributed by atoms with Crippen LogP contribution in [0.4, 0.5) is 10.5 Å². The number of urea groups is 1. The predicted octanol–water partition coefficient (Wildman–Crippen LogP) is 4.55. The summed E-state index contributed by atoms with van der Waals surface area (Å²) in [5.74, 6) is -2.11. The number of nitrogens with zero attached hydrogens (tertiary/aromatic N) is 5. The molecule has 0 unspecified atom stereocenters. The summed E-state index contributed by atoms with van der Waals surface area (Å²) in [6, 6.07) is 8.21. The Hall–Kier alpha value is -3.53. The molecular formula is C42H64N6O8. The van der Waals surface area contributed by atoms with Crippen molar-refractivity contribution >= 4 is 23.5 Å². The van der Waals surface area contributed by atoms with E-state index in [0.29, 0.717) is 31.5 Å². The molecule has 3 aliphatic rings. The highest BCUT2D eigenvalue weighted by atomic mass is 16.7. The van der Waals surface area contributed by atoms with Crippen LogP contribution in [0.25, 0.3) is 0 Å². The Morgan fingerprint density at radius 3 is 2.55 bits per heavy atom. The van der Waals surface area contributed by atoms with Crippen molar-refractivity contribution in [1.82, 2.24) is 24.7 Å². The fourth-order valence-corrected chi connectivity index (χ4v) is 8.67. The number of hydrogen-bond acceptors (Lipinski definition) is 12. The fraction of sp³-hybridized carbons (Fsp3) is 0.690. The van der Waals surface area contributed by atoms with Crippen LogP contribution in [-0.2, 0) is 41.5 Å². The normalized spacial score (nSPS) is 32.1. The first kappa shape index (κ1) is 43.6. The number of hydrogen-bond donors (Lipinski definition) is 2. The number of anilines is 1. The highest BCUT2D eigenvalue weighted by molar-refractivity contribution is 6.04. The third-order valence-electron chi connectivity index (χ3n) is 12.0. The van der Waals surface area contributed by atoms with Gasteiger partial charge >= 0.3 is 12.0 Å². The summed E-state index contributed by atoms with van der Waals surface area (Å²) in [4.78, 5) is 57.6. The molecule has 2 saturated heterocycles. The Labute approximate surface area is 332 Å². The molecule has 1 aromatic carbocycles. The molecule has 0 spiro atoms. The van der Waals surface area contributed by atoms with Crippen LogP contribution in [0.3, 0.4) is 0 Å². The lowest BCUT2D eigenvalue weighted by Crippen LogP contribution is -2.59. The summed E-state index contributed by atoms with van der Waals surface area (Å²) < 4.78 is 25.2. The highest BCUT2D eigenvalue weighted by Crippen LogP contribution is 2.38. The number of para-hydroxylation sites is 1. The molecular weight excluding hydrogens is 716 g/mol. The largest absolute Gasteiger partial charge is 0.463 e. The Kier molecular flexibility index (Phi) is 14.6. The maximum Gasteiger partial charge on any atom is 0.322 e. The molecule has 1 aromatic heterocycles. The van der Waals surface area contributed by atoms with Gasteiger partial charge in [-0.3, -0.25) is 14.5 Å². The van der Waals surface area contributed by atoms with E-state index in [-0.39, 0.29) is 36.5 Å². The van der Waals surface area contributed by atoms with E-state index in [1.54, 1.807) is 39.1 Å². The van der Waals surface area contributed by atoms with Gasteiger partial charge in [0.25, 0.3) is 0 Å². The molecule has 14 heteroatoms. The van der Waals surface area contributed by atoms with Crippen LogP contribution >= 0.6 is 0 Å².